The number of hydrogen-bond acceptors (Lipinski definition) is 2. The van der Waals surface area contributed by atoms with E-state index in [2.05, 4.69) is 12.2 Å². The molecule has 0 radical (unpaired) electrons. The minimum atomic E-state index is 0.386. The lowest BCUT2D eigenvalue weighted by Crippen LogP contribution is -2.59. The Morgan fingerprint density at radius 1 is 1.70 bits per heavy atom. The maximum absolute atomic E-state index is 11.0. The molecule has 0 aromatic heterocycles. The molecule has 1 saturated carbocycles. The molecule has 2 fully saturated rings. The van der Waals surface area contributed by atoms with Gasteiger partial charge >= 0.3 is 0 Å². The van der Waals surface area contributed by atoms with E-state index in [0.29, 0.717) is 17.2 Å². The standard InChI is InChI=1S/C8H13NO/c1-6-8(5-9-6)3-2-7(10)4-8/h6,9H,2-5H2,1H3. The summed E-state index contributed by atoms with van der Waals surface area (Å²) in [5.41, 5.74) is 0.386. The predicted octanol–water partition coefficient (Wildman–Crippen LogP) is 0.718. The SMILES string of the molecule is CC1NCC12CCC(=O)C2. The zero-order valence-corrected chi connectivity index (χ0v) is 6.31. The van der Waals surface area contributed by atoms with Crippen molar-refractivity contribution in [2.75, 3.05) is 6.54 Å². The van der Waals surface area contributed by atoms with Gasteiger partial charge in [-0.05, 0) is 13.3 Å². The smallest absolute Gasteiger partial charge is 0.133 e. The first-order valence-corrected chi connectivity index (χ1v) is 3.98. The maximum atomic E-state index is 11.0. The van der Waals surface area contributed by atoms with Crippen molar-refractivity contribution in [3.05, 3.63) is 0 Å². The van der Waals surface area contributed by atoms with Crippen LogP contribution < -0.4 is 5.32 Å². The van der Waals surface area contributed by atoms with Crippen molar-refractivity contribution in [3.8, 4) is 0 Å². The van der Waals surface area contributed by atoms with E-state index in [4.69, 9.17) is 0 Å². The molecule has 0 aromatic rings. The number of nitrogens with one attached hydrogen (secondary N) is 1. The Bertz CT molecular complexity index is 178. The lowest BCUT2D eigenvalue weighted by molar-refractivity contribution is -0.118. The van der Waals surface area contributed by atoms with E-state index in [0.717, 1.165) is 25.8 Å². The Morgan fingerprint density at radius 3 is 2.70 bits per heavy atom. The first-order chi connectivity index (χ1) is 4.73. The van der Waals surface area contributed by atoms with Crippen LogP contribution in [0.4, 0.5) is 0 Å². The van der Waals surface area contributed by atoms with Crippen LogP contribution in [0.3, 0.4) is 0 Å². The molecule has 0 aromatic carbocycles. The summed E-state index contributed by atoms with van der Waals surface area (Å²) in [6.45, 7) is 3.25. The second-order valence-electron chi connectivity index (χ2n) is 3.68. The van der Waals surface area contributed by atoms with E-state index >= 15 is 0 Å². The van der Waals surface area contributed by atoms with Gasteiger partial charge in [0.2, 0.25) is 0 Å². The zero-order valence-electron chi connectivity index (χ0n) is 6.31. The minimum absolute atomic E-state index is 0.386. The van der Waals surface area contributed by atoms with Gasteiger partial charge in [-0.2, -0.15) is 0 Å². The van der Waals surface area contributed by atoms with Crippen molar-refractivity contribution in [1.82, 2.24) is 5.32 Å². The molecule has 2 heteroatoms. The van der Waals surface area contributed by atoms with Crippen molar-refractivity contribution in [3.63, 3.8) is 0 Å². The molecule has 1 saturated heterocycles. The first kappa shape index (κ1) is 6.35. The summed E-state index contributed by atoms with van der Waals surface area (Å²) in [5.74, 6) is 0.466. The number of hydrogen-bond donors (Lipinski definition) is 1. The molecular formula is C8H13NO. The average molecular weight is 139 g/mol. The Balaban J connectivity index is 2.11. The third-order valence-electron chi connectivity index (χ3n) is 3.13. The minimum Gasteiger partial charge on any atom is -0.313 e. The fraction of sp³-hybridized carbons (Fsp3) is 0.875. The highest BCUT2D eigenvalue weighted by Crippen LogP contribution is 2.43. The van der Waals surface area contributed by atoms with Gasteiger partial charge in [0.1, 0.15) is 5.78 Å². The van der Waals surface area contributed by atoms with Gasteiger partial charge in [0.25, 0.3) is 0 Å². The zero-order chi connectivity index (χ0) is 7.19. The van der Waals surface area contributed by atoms with Crippen LogP contribution in [0.1, 0.15) is 26.2 Å². The topological polar surface area (TPSA) is 29.1 Å². The van der Waals surface area contributed by atoms with E-state index in [-0.39, 0.29) is 0 Å². The molecule has 2 rings (SSSR count). The number of ketones is 1. The highest BCUT2D eigenvalue weighted by Gasteiger charge is 2.48. The van der Waals surface area contributed by atoms with Crippen molar-refractivity contribution >= 4 is 5.78 Å². The van der Waals surface area contributed by atoms with Crippen molar-refractivity contribution in [2.24, 2.45) is 5.41 Å². The van der Waals surface area contributed by atoms with Gasteiger partial charge in [-0.1, -0.05) is 0 Å². The molecule has 1 N–H and O–H groups in total. The van der Waals surface area contributed by atoms with E-state index in [9.17, 15) is 4.79 Å². The summed E-state index contributed by atoms with van der Waals surface area (Å²) in [6.07, 6.45) is 2.78. The molecular weight excluding hydrogens is 126 g/mol. The normalized spacial score (nSPS) is 46.1. The molecule has 56 valence electrons. The van der Waals surface area contributed by atoms with Gasteiger partial charge in [0, 0.05) is 30.8 Å². The summed E-state index contributed by atoms with van der Waals surface area (Å²) in [7, 11) is 0. The molecule has 0 bridgehead atoms. The lowest BCUT2D eigenvalue weighted by atomic mass is 9.73. The summed E-state index contributed by atoms with van der Waals surface area (Å²) < 4.78 is 0. The summed E-state index contributed by atoms with van der Waals surface area (Å²) in [6, 6.07) is 0.582. The molecule has 1 aliphatic carbocycles. The molecule has 10 heavy (non-hydrogen) atoms. The van der Waals surface area contributed by atoms with Crippen LogP contribution in [0.5, 0.6) is 0 Å². The van der Waals surface area contributed by atoms with Crippen molar-refractivity contribution < 1.29 is 4.79 Å². The van der Waals surface area contributed by atoms with E-state index in [1.807, 2.05) is 0 Å². The van der Waals surface area contributed by atoms with Crippen LogP contribution in [0.15, 0.2) is 0 Å². The number of Topliss-reactive ketones (excluding diaryl/α,β-unsaturated/α-hetero) is 1. The van der Waals surface area contributed by atoms with Crippen LogP contribution >= 0.6 is 0 Å². The van der Waals surface area contributed by atoms with Gasteiger partial charge in [0.05, 0.1) is 0 Å². The molecule has 1 aliphatic heterocycles. The highest BCUT2D eigenvalue weighted by molar-refractivity contribution is 5.81. The van der Waals surface area contributed by atoms with Crippen molar-refractivity contribution in [1.29, 1.82) is 0 Å². The number of carbonyl (C=O) groups excluding carboxylic acids is 1. The highest BCUT2D eigenvalue weighted by atomic mass is 16.1. The molecule has 0 amide bonds. The van der Waals surface area contributed by atoms with Gasteiger partial charge in [-0.15, -0.1) is 0 Å². The van der Waals surface area contributed by atoms with Crippen LogP contribution in [-0.2, 0) is 4.79 Å². The Hall–Kier alpha value is -0.370. The summed E-state index contributed by atoms with van der Waals surface area (Å²) in [4.78, 5) is 11.0. The Labute approximate surface area is 61.0 Å². The third-order valence-corrected chi connectivity index (χ3v) is 3.13. The lowest BCUT2D eigenvalue weighted by Gasteiger charge is -2.46. The molecule has 2 atom stereocenters. The van der Waals surface area contributed by atoms with Crippen LogP contribution in [0.2, 0.25) is 0 Å². The van der Waals surface area contributed by atoms with Gasteiger partial charge < -0.3 is 5.32 Å². The Morgan fingerprint density at radius 2 is 2.50 bits per heavy atom. The van der Waals surface area contributed by atoms with Crippen LogP contribution in [0.25, 0.3) is 0 Å². The van der Waals surface area contributed by atoms with Crippen LogP contribution in [0, 0.1) is 5.41 Å². The molecule has 2 aliphatic rings. The third kappa shape index (κ3) is 0.655. The quantitative estimate of drug-likeness (QED) is 0.535. The van der Waals surface area contributed by atoms with E-state index in [1.165, 1.54) is 0 Å². The fourth-order valence-corrected chi connectivity index (χ4v) is 2.07. The average Bonchev–Trinajstić information content (AvgIpc) is 2.31. The van der Waals surface area contributed by atoms with Gasteiger partial charge in [-0.3, -0.25) is 4.79 Å². The molecule has 2 nitrogen and oxygen atoms in total. The van der Waals surface area contributed by atoms with E-state index in [1.54, 1.807) is 0 Å². The molecule has 2 unspecified atom stereocenters. The second kappa shape index (κ2) is 1.82. The predicted molar refractivity (Wildman–Crippen MR) is 38.8 cm³/mol. The summed E-state index contributed by atoms with van der Waals surface area (Å²) in [5, 5.41) is 3.31. The molecule has 1 spiro atoms. The molecule has 1 heterocycles. The Kier molecular flexibility index (Phi) is 1.15. The van der Waals surface area contributed by atoms with Crippen LogP contribution in [-0.4, -0.2) is 18.4 Å². The van der Waals surface area contributed by atoms with Gasteiger partial charge in [-0.25, -0.2) is 0 Å². The summed E-state index contributed by atoms with van der Waals surface area (Å²) >= 11 is 0. The van der Waals surface area contributed by atoms with Crippen molar-refractivity contribution in [2.45, 2.75) is 32.2 Å². The second-order valence-corrected chi connectivity index (χ2v) is 3.68. The monoisotopic (exact) mass is 139 g/mol. The van der Waals surface area contributed by atoms with E-state index < -0.39 is 0 Å². The van der Waals surface area contributed by atoms with Gasteiger partial charge in [0.15, 0.2) is 0 Å². The fourth-order valence-electron chi connectivity index (χ4n) is 2.07. The maximum Gasteiger partial charge on any atom is 0.133 e. The largest absolute Gasteiger partial charge is 0.313 e. The number of carbonyl (C=O) groups is 1. The number of rotatable bonds is 0. The first-order valence-electron chi connectivity index (χ1n) is 3.98.